The van der Waals surface area contributed by atoms with Crippen molar-refractivity contribution in [3.05, 3.63) is 69.0 Å². The third-order valence-electron chi connectivity index (χ3n) is 14.1. The molecule has 3 aromatic heterocycles. The van der Waals surface area contributed by atoms with Gasteiger partial charge in [0.25, 0.3) is 5.56 Å². The molecule has 18 heteroatoms. The molecule has 63 heavy (non-hydrogen) atoms. The first kappa shape index (κ1) is 41.6. The summed E-state index contributed by atoms with van der Waals surface area (Å²) in [6.07, 6.45) is 6.17. The Morgan fingerprint density at radius 1 is 0.984 bits per heavy atom. The first-order valence-electron chi connectivity index (χ1n) is 21.9. The molecule has 1 unspecified atom stereocenters. The second-order valence-electron chi connectivity index (χ2n) is 18.3. The van der Waals surface area contributed by atoms with Crippen LogP contribution in [0.1, 0.15) is 75.0 Å². The van der Waals surface area contributed by atoms with E-state index >= 15 is 13.2 Å². The molecule has 4 aliphatic heterocycles. The lowest BCUT2D eigenvalue weighted by atomic mass is 9.84. The Morgan fingerprint density at radius 2 is 1.78 bits per heavy atom. The van der Waals surface area contributed by atoms with E-state index in [0.717, 1.165) is 57.5 Å². The van der Waals surface area contributed by atoms with Crippen LogP contribution in [-0.2, 0) is 23.7 Å². The number of carbonyl (C=O) groups is 2. The van der Waals surface area contributed by atoms with Gasteiger partial charge < -0.3 is 29.7 Å². The van der Waals surface area contributed by atoms with Crippen molar-refractivity contribution >= 4 is 68.4 Å². The van der Waals surface area contributed by atoms with Crippen molar-refractivity contribution in [2.24, 2.45) is 31.8 Å². The summed E-state index contributed by atoms with van der Waals surface area (Å²) in [7, 11) is 3.41. The van der Waals surface area contributed by atoms with Crippen molar-refractivity contribution in [2.45, 2.75) is 75.7 Å². The Bertz CT molecular complexity index is 2720. The summed E-state index contributed by atoms with van der Waals surface area (Å²) in [6, 6.07) is 7.63. The molecule has 1 saturated carbocycles. The maximum absolute atomic E-state index is 15.8. The average molecular weight is 887 g/mol. The van der Waals surface area contributed by atoms with E-state index in [1.54, 1.807) is 36.1 Å². The van der Waals surface area contributed by atoms with Crippen molar-refractivity contribution < 1.29 is 27.5 Å². The molecule has 3 N–H and O–H groups in total. The monoisotopic (exact) mass is 886 g/mol. The summed E-state index contributed by atoms with van der Waals surface area (Å²) in [4.78, 5) is 51.7. The van der Waals surface area contributed by atoms with Crippen LogP contribution in [0, 0.1) is 23.6 Å². The molecule has 0 radical (unpaired) electrons. The maximum Gasteiger partial charge on any atom is 0.301 e. The number of likely N-dealkylation sites (tertiary alicyclic amines) is 1. The minimum atomic E-state index is -3.14. The Morgan fingerprint density at radius 3 is 2.52 bits per heavy atom. The fraction of sp³-hybridized carbons (Fsp3) is 0.511. The van der Waals surface area contributed by atoms with Crippen LogP contribution >= 0.6 is 11.6 Å². The zero-order valence-corrected chi connectivity index (χ0v) is 36.2. The average Bonchev–Trinajstić information content (AvgIpc) is 4.07. The standard InChI is InChI=1S/C45H50ClF3N10O4/c1-23-20-59(15-12-26(23)21-58-13-10-24(11-14-58)29-18-35-31(17-33(29)47)37(55-57(35)3)28-7-9-36(60)52-42(28)61)44-50-19-32(46)41(54-44)51-27-6-8-34-30(16-27)38-39(43(62)56(34)2)63-22-45(48,49)40(53-38)25-4-5-25/h6,8,16-19,23-26,28,40,53H,4-5,7,9-15,20-22H2,1-3H3,(H,50,51,54)(H,52,60,61)/t23-,26-,28?,40-/m0/s1. The number of halogens is 4. The number of rotatable bonds is 8. The van der Waals surface area contributed by atoms with Crippen LogP contribution in [0.15, 0.2) is 41.3 Å². The zero-order chi connectivity index (χ0) is 43.9. The lowest BCUT2D eigenvalue weighted by molar-refractivity contribution is -0.134. The number of carbonyl (C=O) groups excluding carboxylic acids is 2. The lowest BCUT2D eigenvalue weighted by Crippen LogP contribution is -2.45. The summed E-state index contributed by atoms with van der Waals surface area (Å²) in [5.41, 5.74) is 2.92. The van der Waals surface area contributed by atoms with Gasteiger partial charge in [0.2, 0.25) is 23.5 Å². The number of fused-ring (bicyclic) bond motifs is 4. The first-order valence-corrected chi connectivity index (χ1v) is 22.3. The minimum absolute atomic E-state index is 0.0698. The van der Waals surface area contributed by atoms with Crippen molar-refractivity contribution in [2.75, 3.05) is 54.9 Å². The molecule has 4 fully saturated rings. The fourth-order valence-corrected chi connectivity index (χ4v) is 10.4. The number of hydrogen-bond acceptors (Lipinski definition) is 11. The Balaban J connectivity index is 0.784. The Labute approximate surface area is 366 Å². The Hall–Kier alpha value is -5.42. The highest BCUT2D eigenvalue weighted by atomic mass is 35.5. The third kappa shape index (κ3) is 7.74. The second kappa shape index (κ2) is 16.0. The maximum atomic E-state index is 15.8. The van der Waals surface area contributed by atoms with E-state index in [0.29, 0.717) is 81.1 Å². The van der Waals surface area contributed by atoms with Crippen molar-refractivity contribution in [3.63, 3.8) is 0 Å². The van der Waals surface area contributed by atoms with Crippen LogP contribution in [0.25, 0.3) is 21.8 Å². The summed E-state index contributed by atoms with van der Waals surface area (Å²) in [5, 5.41) is 14.8. The molecule has 10 rings (SSSR count). The predicted octanol–water partition coefficient (Wildman–Crippen LogP) is 6.83. The van der Waals surface area contributed by atoms with Crippen LogP contribution in [-0.4, -0.2) is 92.3 Å². The SMILES string of the molecule is C[C@H]1CN(c2ncc(Cl)c(Nc3ccc4c(c3)c3c(c(=O)n4C)OCC(F)(F)[C@H](C4CC4)N3)n2)CC[C@H]1CN1CCC(c2cc3c(cc2F)c(C2CCC(=O)NC2=O)nn3C)CC1. The van der Waals surface area contributed by atoms with Crippen LogP contribution < -0.4 is 31.1 Å². The summed E-state index contributed by atoms with van der Waals surface area (Å²) in [5.74, 6) is -3.18. The zero-order valence-electron chi connectivity index (χ0n) is 35.4. The summed E-state index contributed by atoms with van der Waals surface area (Å²) in [6.45, 7) is 5.58. The number of nitrogens with one attached hydrogen (secondary N) is 3. The molecular formula is C45H50ClF3N10O4. The molecule has 1 aliphatic carbocycles. The number of anilines is 4. The second-order valence-corrected chi connectivity index (χ2v) is 18.7. The summed E-state index contributed by atoms with van der Waals surface area (Å²) < 4.78 is 54.8. The molecule has 4 atom stereocenters. The van der Waals surface area contributed by atoms with E-state index in [2.05, 4.69) is 42.8 Å². The van der Waals surface area contributed by atoms with Gasteiger partial charge in [-0.15, -0.1) is 0 Å². The fourth-order valence-electron chi connectivity index (χ4n) is 10.3. The highest BCUT2D eigenvalue weighted by molar-refractivity contribution is 6.33. The van der Waals surface area contributed by atoms with E-state index in [9.17, 15) is 14.4 Å². The van der Waals surface area contributed by atoms with E-state index in [1.807, 2.05) is 13.1 Å². The first-order chi connectivity index (χ1) is 30.2. The molecular weight excluding hydrogens is 837 g/mol. The minimum Gasteiger partial charge on any atom is -0.480 e. The number of aryl methyl sites for hydroxylation is 2. The summed E-state index contributed by atoms with van der Waals surface area (Å²) >= 11 is 6.65. The number of benzene rings is 2. The number of imide groups is 1. The predicted molar refractivity (Wildman–Crippen MR) is 234 cm³/mol. The number of amides is 2. The highest BCUT2D eigenvalue weighted by Gasteiger charge is 2.51. The molecule has 0 spiro atoms. The van der Waals surface area contributed by atoms with Crippen molar-refractivity contribution in [3.8, 4) is 5.75 Å². The number of hydrogen-bond donors (Lipinski definition) is 3. The topological polar surface area (TPSA) is 152 Å². The van der Waals surface area contributed by atoms with E-state index in [1.165, 1.54) is 10.6 Å². The molecule has 3 saturated heterocycles. The lowest BCUT2D eigenvalue weighted by Gasteiger charge is -2.41. The van der Waals surface area contributed by atoms with E-state index in [4.69, 9.17) is 21.3 Å². The molecule has 332 valence electrons. The molecule has 2 amide bonds. The quantitative estimate of drug-likeness (QED) is 0.141. The van der Waals surface area contributed by atoms with Crippen LogP contribution in [0.3, 0.4) is 0 Å². The normalized spacial score (nSPS) is 24.5. The molecule has 0 bridgehead atoms. The number of piperidine rings is 3. The number of alkyl halides is 2. The van der Waals surface area contributed by atoms with Crippen LogP contribution in [0.2, 0.25) is 5.02 Å². The van der Waals surface area contributed by atoms with Gasteiger partial charge in [0, 0.05) is 56.6 Å². The smallest absolute Gasteiger partial charge is 0.301 e. The van der Waals surface area contributed by atoms with Gasteiger partial charge >= 0.3 is 5.92 Å². The highest BCUT2D eigenvalue weighted by Crippen LogP contribution is 2.46. The van der Waals surface area contributed by atoms with Crippen LogP contribution in [0.4, 0.5) is 36.3 Å². The molecule has 7 heterocycles. The van der Waals surface area contributed by atoms with Gasteiger partial charge in [-0.1, -0.05) is 18.5 Å². The molecule has 14 nitrogen and oxygen atoms in total. The van der Waals surface area contributed by atoms with Gasteiger partial charge in [-0.25, -0.2) is 18.2 Å². The van der Waals surface area contributed by atoms with Gasteiger partial charge in [0.1, 0.15) is 10.8 Å². The van der Waals surface area contributed by atoms with Gasteiger partial charge in [0.15, 0.2) is 12.4 Å². The van der Waals surface area contributed by atoms with Gasteiger partial charge in [-0.2, -0.15) is 10.1 Å². The van der Waals surface area contributed by atoms with Gasteiger partial charge in [-0.3, -0.25) is 24.4 Å². The third-order valence-corrected chi connectivity index (χ3v) is 14.3. The van der Waals surface area contributed by atoms with E-state index in [-0.39, 0.29) is 47.3 Å². The van der Waals surface area contributed by atoms with Gasteiger partial charge in [-0.05, 0) is 111 Å². The van der Waals surface area contributed by atoms with Crippen molar-refractivity contribution in [1.82, 2.24) is 34.5 Å². The molecule has 2 aromatic carbocycles. The van der Waals surface area contributed by atoms with Gasteiger partial charge in [0.05, 0.1) is 40.6 Å². The van der Waals surface area contributed by atoms with E-state index < -0.39 is 30.0 Å². The number of pyridine rings is 1. The number of aromatic nitrogens is 5. The number of ether oxygens (including phenoxy) is 1. The van der Waals surface area contributed by atoms with Crippen molar-refractivity contribution in [1.29, 1.82) is 0 Å². The Kier molecular flexibility index (Phi) is 10.5. The van der Waals surface area contributed by atoms with Crippen LogP contribution in [0.5, 0.6) is 5.75 Å². The number of nitrogens with zero attached hydrogens (tertiary/aromatic N) is 7. The largest absolute Gasteiger partial charge is 0.480 e. The molecule has 5 aliphatic rings. The molecule has 5 aromatic rings.